The van der Waals surface area contributed by atoms with E-state index in [9.17, 15) is 9.90 Å². The van der Waals surface area contributed by atoms with E-state index in [2.05, 4.69) is 23.1 Å². The van der Waals surface area contributed by atoms with Crippen LogP contribution in [0.4, 0.5) is 0 Å². The summed E-state index contributed by atoms with van der Waals surface area (Å²) >= 11 is 1.78. The Hall–Kier alpha value is -2.48. The second-order valence-electron chi connectivity index (χ2n) is 8.01. The van der Waals surface area contributed by atoms with Crippen LogP contribution in [0.3, 0.4) is 0 Å². The molecule has 0 aliphatic carbocycles. The molecular weight excluding hydrogens is 412 g/mol. The maximum atomic E-state index is 11.5. The number of aromatic nitrogens is 1. The zero-order valence-corrected chi connectivity index (χ0v) is 18.7. The number of hydrogen-bond acceptors (Lipinski definition) is 7. The lowest BCUT2D eigenvalue weighted by molar-refractivity contribution is 0.0575. The molecule has 1 N–H and O–H groups in total. The molecule has 1 aliphatic heterocycles. The van der Waals surface area contributed by atoms with Crippen molar-refractivity contribution in [2.24, 2.45) is 0 Å². The number of para-hydroxylation sites is 1. The number of aliphatic hydroxyl groups is 1. The first-order valence-electron chi connectivity index (χ1n) is 10.6. The minimum atomic E-state index is -0.619. The minimum absolute atomic E-state index is 0.0299. The highest BCUT2D eigenvalue weighted by Gasteiger charge is 2.25. The molecule has 0 spiro atoms. The van der Waals surface area contributed by atoms with Gasteiger partial charge in [-0.2, -0.15) is 0 Å². The first-order chi connectivity index (χ1) is 15.0. The second kappa shape index (κ2) is 9.77. The van der Waals surface area contributed by atoms with Crippen molar-refractivity contribution in [3.8, 4) is 11.5 Å². The van der Waals surface area contributed by atoms with Crippen molar-refractivity contribution in [1.82, 2.24) is 9.88 Å². The van der Waals surface area contributed by atoms with Gasteiger partial charge in [-0.15, -0.1) is 11.3 Å². The number of carbonyl (C=O) groups is 1. The van der Waals surface area contributed by atoms with Crippen LogP contribution in [0.25, 0.3) is 10.2 Å². The first-order valence-corrected chi connectivity index (χ1v) is 11.4. The van der Waals surface area contributed by atoms with E-state index < -0.39 is 6.10 Å². The predicted molar refractivity (Wildman–Crippen MR) is 123 cm³/mol. The number of β-amino-alcohol motifs (C(OH)–C–C–N with tert-alkyl or cyclic N) is 1. The molecule has 1 saturated heterocycles. The van der Waals surface area contributed by atoms with Crippen LogP contribution in [0.5, 0.6) is 11.5 Å². The standard InChI is InChI=1S/C24H28N2O4S/c1-16(27)17-9-10-21(22(12-17)29-2)30-15-19(28)14-26-11-5-6-18(13-26)24-25-20-7-3-4-8-23(20)31-24/h3-4,7-10,12,18-19,28H,5-6,11,13-15H2,1-2H3/t18-,19+/m1/s1. The number of benzene rings is 2. The molecule has 0 saturated carbocycles. The number of Topliss-reactive ketones (excluding diaryl/α,β-unsaturated/α-hetero) is 1. The van der Waals surface area contributed by atoms with Crippen LogP contribution >= 0.6 is 11.3 Å². The smallest absolute Gasteiger partial charge is 0.161 e. The van der Waals surface area contributed by atoms with Crippen molar-refractivity contribution in [1.29, 1.82) is 0 Å². The van der Waals surface area contributed by atoms with Gasteiger partial charge < -0.3 is 14.6 Å². The Morgan fingerprint density at radius 1 is 1.29 bits per heavy atom. The van der Waals surface area contributed by atoms with Gasteiger partial charge in [0, 0.05) is 24.6 Å². The molecule has 1 aromatic heterocycles. The van der Waals surface area contributed by atoms with E-state index in [0.29, 0.717) is 29.5 Å². The average Bonchev–Trinajstić information content (AvgIpc) is 3.22. The van der Waals surface area contributed by atoms with Gasteiger partial charge in [0.1, 0.15) is 12.7 Å². The monoisotopic (exact) mass is 440 g/mol. The summed E-state index contributed by atoms with van der Waals surface area (Å²) in [5.41, 5.74) is 1.64. The lowest BCUT2D eigenvalue weighted by Gasteiger charge is -2.33. The third-order valence-electron chi connectivity index (χ3n) is 5.64. The fraction of sp³-hybridized carbons (Fsp3) is 0.417. The number of carbonyl (C=O) groups excluding carboxylic acids is 1. The van der Waals surface area contributed by atoms with Gasteiger partial charge in [0.2, 0.25) is 0 Å². The normalized spacial score (nSPS) is 18.1. The van der Waals surface area contributed by atoms with E-state index in [-0.39, 0.29) is 12.4 Å². The molecular formula is C24H28N2O4S. The molecule has 0 unspecified atom stereocenters. The first kappa shape index (κ1) is 21.7. The van der Waals surface area contributed by atoms with Crippen molar-refractivity contribution in [2.45, 2.75) is 31.8 Å². The molecule has 0 radical (unpaired) electrons. The van der Waals surface area contributed by atoms with Gasteiger partial charge in [-0.05, 0) is 56.6 Å². The predicted octanol–water partition coefficient (Wildman–Crippen LogP) is 4.13. The van der Waals surface area contributed by atoms with Crippen LogP contribution in [-0.2, 0) is 0 Å². The summed E-state index contributed by atoms with van der Waals surface area (Å²) < 4.78 is 12.4. The van der Waals surface area contributed by atoms with Crippen LogP contribution in [0.15, 0.2) is 42.5 Å². The highest BCUT2D eigenvalue weighted by molar-refractivity contribution is 7.18. The van der Waals surface area contributed by atoms with E-state index in [0.717, 1.165) is 31.4 Å². The molecule has 0 amide bonds. The van der Waals surface area contributed by atoms with Crippen LogP contribution in [0.2, 0.25) is 0 Å². The van der Waals surface area contributed by atoms with Gasteiger partial charge in [-0.1, -0.05) is 12.1 Å². The maximum absolute atomic E-state index is 11.5. The molecule has 1 fully saturated rings. The maximum Gasteiger partial charge on any atom is 0.161 e. The molecule has 1 aliphatic rings. The van der Waals surface area contributed by atoms with Gasteiger partial charge >= 0.3 is 0 Å². The topological polar surface area (TPSA) is 71.9 Å². The number of aliphatic hydroxyl groups excluding tert-OH is 1. The van der Waals surface area contributed by atoms with E-state index in [1.165, 1.54) is 16.6 Å². The summed E-state index contributed by atoms with van der Waals surface area (Å²) in [6, 6.07) is 13.3. The van der Waals surface area contributed by atoms with Crippen molar-refractivity contribution < 1.29 is 19.4 Å². The number of nitrogens with zero attached hydrogens (tertiary/aromatic N) is 2. The Kier molecular flexibility index (Phi) is 6.85. The summed E-state index contributed by atoms with van der Waals surface area (Å²) in [6.07, 6.45) is 1.60. The molecule has 4 rings (SSSR count). The summed E-state index contributed by atoms with van der Waals surface area (Å²) in [6.45, 7) is 4.09. The van der Waals surface area contributed by atoms with Gasteiger partial charge in [0.25, 0.3) is 0 Å². The third kappa shape index (κ3) is 5.23. The summed E-state index contributed by atoms with van der Waals surface area (Å²) in [5, 5.41) is 11.8. The number of hydrogen-bond donors (Lipinski definition) is 1. The van der Waals surface area contributed by atoms with E-state index in [1.807, 2.05) is 6.07 Å². The molecule has 3 aromatic rings. The Morgan fingerprint density at radius 2 is 2.13 bits per heavy atom. The molecule has 2 atom stereocenters. The SMILES string of the molecule is COc1cc(C(C)=O)ccc1OC[C@@H](O)CN1CCC[C@@H](c2nc3ccccc3s2)C1. The summed E-state index contributed by atoms with van der Waals surface area (Å²) in [4.78, 5) is 18.7. The van der Waals surface area contributed by atoms with Crippen molar-refractivity contribution in [3.05, 3.63) is 53.0 Å². The molecule has 7 heteroatoms. The van der Waals surface area contributed by atoms with Crippen LogP contribution < -0.4 is 9.47 Å². The number of rotatable bonds is 8. The van der Waals surface area contributed by atoms with Gasteiger partial charge in [0.05, 0.1) is 22.3 Å². The number of ether oxygens (including phenoxy) is 2. The lowest BCUT2D eigenvalue weighted by atomic mass is 9.98. The van der Waals surface area contributed by atoms with E-state index in [1.54, 1.807) is 36.6 Å². The Labute approximate surface area is 186 Å². The fourth-order valence-corrected chi connectivity index (χ4v) is 5.12. The van der Waals surface area contributed by atoms with E-state index in [4.69, 9.17) is 14.5 Å². The summed E-state index contributed by atoms with van der Waals surface area (Å²) in [5.74, 6) is 1.39. The van der Waals surface area contributed by atoms with Crippen molar-refractivity contribution in [3.63, 3.8) is 0 Å². The second-order valence-corrected chi connectivity index (χ2v) is 9.07. The molecule has 2 heterocycles. The van der Waals surface area contributed by atoms with Gasteiger partial charge in [0.15, 0.2) is 17.3 Å². The average molecular weight is 441 g/mol. The fourth-order valence-electron chi connectivity index (χ4n) is 4.03. The van der Waals surface area contributed by atoms with E-state index >= 15 is 0 Å². The van der Waals surface area contributed by atoms with Gasteiger partial charge in [-0.3, -0.25) is 9.69 Å². The van der Waals surface area contributed by atoms with Gasteiger partial charge in [-0.25, -0.2) is 4.98 Å². The number of likely N-dealkylation sites (tertiary alicyclic amines) is 1. The number of piperidine rings is 1. The molecule has 2 aromatic carbocycles. The zero-order valence-electron chi connectivity index (χ0n) is 17.9. The quantitative estimate of drug-likeness (QED) is 0.531. The number of methoxy groups -OCH3 is 1. The molecule has 0 bridgehead atoms. The zero-order chi connectivity index (χ0) is 21.8. The van der Waals surface area contributed by atoms with Crippen LogP contribution in [-0.4, -0.2) is 60.2 Å². The Balaban J connectivity index is 1.33. The van der Waals surface area contributed by atoms with Crippen LogP contribution in [0.1, 0.15) is 41.0 Å². The highest BCUT2D eigenvalue weighted by atomic mass is 32.1. The molecule has 6 nitrogen and oxygen atoms in total. The number of ketones is 1. The number of thiazole rings is 1. The summed E-state index contributed by atoms with van der Waals surface area (Å²) in [7, 11) is 1.54. The number of fused-ring (bicyclic) bond motifs is 1. The van der Waals surface area contributed by atoms with Crippen molar-refractivity contribution in [2.75, 3.05) is 33.4 Å². The third-order valence-corrected chi connectivity index (χ3v) is 6.83. The minimum Gasteiger partial charge on any atom is -0.493 e. The molecule has 164 valence electrons. The molecule has 31 heavy (non-hydrogen) atoms. The highest BCUT2D eigenvalue weighted by Crippen LogP contribution is 2.33. The lowest BCUT2D eigenvalue weighted by Crippen LogP contribution is -2.41. The van der Waals surface area contributed by atoms with Crippen LogP contribution in [0, 0.1) is 0 Å². The van der Waals surface area contributed by atoms with Crippen molar-refractivity contribution >= 4 is 27.3 Å². The Morgan fingerprint density at radius 3 is 2.90 bits per heavy atom. The Bertz CT molecular complexity index is 1020. The largest absolute Gasteiger partial charge is 0.493 e.